The molecule has 2 atom stereocenters. The first-order valence-corrected chi connectivity index (χ1v) is 6.71. The summed E-state index contributed by atoms with van der Waals surface area (Å²) in [4.78, 5) is 11.6. The maximum atomic E-state index is 11.6. The Morgan fingerprint density at radius 3 is 2.56 bits per heavy atom. The zero-order valence-electron chi connectivity index (χ0n) is 10.7. The second-order valence-electron chi connectivity index (χ2n) is 4.24. The number of ether oxygens (including phenoxy) is 1. The minimum absolute atomic E-state index is 0.0376. The Balaban J connectivity index is 2.23. The highest BCUT2D eigenvalue weighted by Gasteiger charge is 2.15. The molecule has 1 aromatic carbocycles. The molecule has 0 spiro atoms. The quantitative estimate of drug-likeness (QED) is 0.789. The Hall–Kier alpha value is -1.07. The number of rotatable bonds is 6. The van der Waals surface area contributed by atoms with Gasteiger partial charge in [0.25, 0.3) is 0 Å². The number of carbonyl (C=O) groups is 1. The number of nitrogens with one attached hydrogen (secondary N) is 1. The van der Waals surface area contributed by atoms with E-state index in [0.717, 1.165) is 10.2 Å². The molecule has 1 aromatic rings. The average Bonchev–Trinajstić information content (AvgIpc) is 2.35. The molecule has 4 nitrogen and oxygen atoms in total. The van der Waals surface area contributed by atoms with Crippen LogP contribution in [0.2, 0.25) is 0 Å². The Labute approximate surface area is 116 Å². The van der Waals surface area contributed by atoms with Gasteiger partial charge in [-0.2, -0.15) is 0 Å². The monoisotopic (exact) mass is 314 g/mol. The van der Waals surface area contributed by atoms with Crippen molar-refractivity contribution < 1.29 is 9.53 Å². The van der Waals surface area contributed by atoms with Crippen molar-refractivity contribution in [1.29, 1.82) is 0 Å². The highest BCUT2D eigenvalue weighted by Crippen LogP contribution is 2.15. The lowest BCUT2D eigenvalue weighted by Crippen LogP contribution is -2.40. The maximum Gasteiger partial charge on any atom is 0.224 e. The minimum atomic E-state index is -0.183. The van der Waals surface area contributed by atoms with Gasteiger partial charge < -0.3 is 15.8 Å². The van der Waals surface area contributed by atoms with Gasteiger partial charge in [-0.25, -0.2) is 0 Å². The molecule has 0 saturated heterocycles. The van der Waals surface area contributed by atoms with Crippen molar-refractivity contribution in [2.24, 2.45) is 11.7 Å². The highest BCUT2D eigenvalue weighted by molar-refractivity contribution is 9.10. The van der Waals surface area contributed by atoms with Gasteiger partial charge >= 0.3 is 0 Å². The van der Waals surface area contributed by atoms with E-state index in [4.69, 9.17) is 10.5 Å². The summed E-state index contributed by atoms with van der Waals surface area (Å²) >= 11 is 3.35. The molecule has 0 saturated carbocycles. The zero-order chi connectivity index (χ0) is 13.5. The third-order valence-corrected chi connectivity index (χ3v) is 3.21. The molecule has 0 bridgehead atoms. The van der Waals surface area contributed by atoms with E-state index in [1.54, 1.807) is 0 Å². The summed E-state index contributed by atoms with van der Waals surface area (Å²) in [7, 11) is 0. The Morgan fingerprint density at radius 2 is 2.00 bits per heavy atom. The molecule has 0 aliphatic rings. The van der Waals surface area contributed by atoms with E-state index < -0.39 is 0 Å². The van der Waals surface area contributed by atoms with Crippen LogP contribution in [0.1, 0.15) is 13.8 Å². The molecule has 2 unspecified atom stereocenters. The molecule has 18 heavy (non-hydrogen) atoms. The Kier molecular flexibility index (Phi) is 6.15. The van der Waals surface area contributed by atoms with Gasteiger partial charge in [-0.3, -0.25) is 4.79 Å². The molecular formula is C13H19BrN2O2. The van der Waals surface area contributed by atoms with Crippen molar-refractivity contribution in [3.05, 3.63) is 28.7 Å². The number of hydrogen-bond acceptors (Lipinski definition) is 3. The van der Waals surface area contributed by atoms with Gasteiger partial charge in [-0.1, -0.05) is 22.9 Å². The lowest BCUT2D eigenvalue weighted by molar-refractivity contribution is -0.125. The molecule has 1 rings (SSSR count). The van der Waals surface area contributed by atoms with Crippen molar-refractivity contribution in [3.8, 4) is 5.75 Å². The largest absolute Gasteiger partial charge is 0.492 e. The van der Waals surface area contributed by atoms with Gasteiger partial charge in [0.05, 0.1) is 6.54 Å². The summed E-state index contributed by atoms with van der Waals surface area (Å²) in [5.74, 6) is 0.565. The summed E-state index contributed by atoms with van der Waals surface area (Å²) in [5, 5.41) is 2.79. The predicted molar refractivity (Wildman–Crippen MR) is 75.5 cm³/mol. The number of nitrogens with two attached hydrogens (primary N) is 1. The molecule has 0 aromatic heterocycles. The zero-order valence-corrected chi connectivity index (χ0v) is 12.2. The predicted octanol–water partition coefficient (Wildman–Crippen LogP) is 1.93. The molecule has 0 aliphatic heterocycles. The van der Waals surface area contributed by atoms with Gasteiger partial charge in [0.15, 0.2) is 0 Å². The van der Waals surface area contributed by atoms with Gasteiger partial charge in [-0.05, 0) is 31.2 Å². The van der Waals surface area contributed by atoms with Crippen molar-refractivity contribution in [2.45, 2.75) is 19.9 Å². The summed E-state index contributed by atoms with van der Waals surface area (Å²) < 4.78 is 6.49. The van der Waals surface area contributed by atoms with E-state index in [9.17, 15) is 4.79 Å². The first kappa shape index (κ1) is 15.0. The second-order valence-corrected chi connectivity index (χ2v) is 5.16. The Bertz CT molecular complexity index is 379. The lowest BCUT2D eigenvalue weighted by atomic mass is 10.0. The maximum absolute atomic E-state index is 11.6. The van der Waals surface area contributed by atoms with Crippen LogP contribution in [0.5, 0.6) is 5.75 Å². The van der Waals surface area contributed by atoms with Gasteiger partial charge in [-0.15, -0.1) is 0 Å². The summed E-state index contributed by atoms with van der Waals surface area (Å²) in [6.45, 7) is 4.56. The van der Waals surface area contributed by atoms with Gasteiger partial charge in [0.1, 0.15) is 12.4 Å². The van der Waals surface area contributed by atoms with Crippen LogP contribution in [0, 0.1) is 5.92 Å². The average molecular weight is 315 g/mol. The fraction of sp³-hybridized carbons (Fsp3) is 0.462. The number of hydrogen-bond donors (Lipinski definition) is 2. The van der Waals surface area contributed by atoms with E-state index in [-0.39, 0.29) is 17.9 Å². The van der Waals surface area contributed by atoms with Crippen molar-refractivity contribution in [1.82, 2.24) is 5.32 Å². The van der Waals surface area contributed by atoms with Crippen LogP contribution < -0.4 is 15.8 Å². The van der Waals surface area contributed by atoms with Crippen LogP contribution in [0.4, 0.5) is 0 Å². The minimum Gasteiger partial charge on any atom is -0.492 e. The number of benzene rings is 1. The molecule has 5 heteroatoms. The van der Waals surface area contributed by atoms with Crippen molar-refractivity contribution in [3.63, 3.8) is 0 Å². The highest BCUT2D eigenvalue weighted by atomic mass is 79.9. The van der Waals surface area contributed by atoms with Crippen LogP contribution in [0.25, 0.3) is 0 Å². The van der Waals surface area contributed by atoms with E-state index in [0.29, 0.717) is 13.2 Å². The standard InChI is InChI=1S/C13H19BrN2O2/c1-9(10(2)15)13(17)16-7-8-18-12-5-3-11(14)4-6-12/h3-6,9-10H,7-8,15H2,1-2H3,(H,16,17). The third kappa shape index (κ3) is 5.06. The fourth-order valence-electron chi connectivity index (χ4n) is 1.27. The lowest BCUT2D eigenvalue weighted by Gasteiger charge is -2.15. The second kappa shape index (κ2) is 7.38. The first-order valence-electron chi connectivity index (χ1n) is 5.92. The smallest absolute Gasteiger partial charge is 0.224 e. The van der Waals surface area contributed by atoms with Crippen LogP contribution in [0.3, 0.4) is 0 Å². The molecule has 1 amide bonds. The SMILES string of the molecule is CC(N)C(C)C(=O)NCCOc1ccc(Br)cc1. The number of halogens is 1. The molecule has 0 radical (unpaired) electrons. The van der Waals surface area contributed by atoms with Crippen LogP contribution in [-0.4, -0.2) is 25.1 Å². The number of amides is 1. The summed E-state index contributed by atoms with van der Waals surface area (Å²) in [5.41, 5.74) is 5.65. The molecular weight excluding hydrogens is 296 g/mol. The molecule has 0 fully saturated rings. The topological polar surface area (TPSA) is 64.4 Å². The van der Waals surface area contributed by atoms with Gasteiger partial charge in [0.2, 0.25) is 5.91 Å². The molecule has 0 heterocycles. The van der Waals surface area contributed by atoms with E-state index >= 15 is 0 Å². The normalized spacial score (nSPS) is 13.8. The van der Waals surface area contributed by atoms with Gasteiger partial charge in [0, 0.05) is 16.4 Å². The van der Waals surface area contributed by atoms with E-state index in [2.05, 4.69) is 21.2 Å². The van der Waals surface area contributed by atoms with Crippen LogP contribution >= 0.6 is 15.9 Å². The van der Waals surface area contributed by atoms with Crippen LogP contribution in [0.15, 0.2) is 28.7 Å². The van der Waals surface area contributed by atoms with Crippen molar-refractivity contribution >= 4 is 21.8 Å². The third-order valence-electron chi connectivity index (χ3n) is 2.69. The van der Waals surface area contributed by atoms with E-state index in [1.807, 2.05) is 38.1 Å². The molecule has 0 aliphatic carbocycles. The summed E-state index contributed by atoms with van der Waals surface area (Å²) in [6.07, 6.45) is 0. The van der Waals surface area contributed by atoms with Crippen molar-refractivity contribution in [2.75, 3.05) is 13.2 Å². The Morgan fingerprint density at radius 1 is 1.39 bits per heavy atom. The molecule has 3 N–H and O–H groups in total. The molecule has 100 valence electrons. The number of carbonyl (C=O) groups excluding carboxylic acids is 1. The fourth-order valence-corrected chi connectivity index (χ4v) is 1.54. The van der Waals surface area contributed by atoms with E-state index in [1.165, 1.54) is 0 Å². The first-order chi connectivity index (χ1) is 8.50. The summed E-state index contributed by atoms with van der Waals surface area (Å²) in [6, 6.07) is 7.42. The van der Waals surface area contributed by atoms with Crippen LogP contribution in [-0.2, 0) is 4.79 Å².